The number of hydrogen-bond donors (Lipinski definition) is 2. The molecule has 0 unspecified atom stereocenters. The number of amides is 1. The highest BCUT2D eigenvalue weighted by Gasteiger charge is 2.49. The summed E-state index contributed by atoms with van der Waals surface area (Å²) in [5, 5.41) is 11.4. The summed E-state index contributed by atoms with van der Waals surface area (Å²) in [5.41, 5.74) is 4.05. The molecule has 5 heteroatoms. The molecule has 2 aliphatic rings. The molecule has 1 aliphatic heterocycles. The molecule has 0 spiro atoms. The average Bonchev–Trinajstić information content (AvgIpc) is 3.23. The first kappa shape index (κ1) is 17.3. The zero-order chi connectivity index (χ0) is 18.1. The van der Waals surface area contributed by atoms with Crippen LogP contribution in [-0.2, 0) is 11.3 Å². The zero-order valence-electron chi connectivity index (χ0n) is 15.7. The van der Waals surface area contributed by atoms with Gasteiger partial charge in [-0.3, -0.25) is 4.79 Å². The molecule has 5 nitrogen and oxygen atoms in total. The summed E-state index contributed by atoms with van der Waals surface area (Å²) in [5.74, 6) is 0.712. The molecule has 2 N–H and O–H groups in total. The highest BCUT2D eigenvalue weighted by atomic mass is 16.2. The topological polar surface area (TPSA) is 59.0 Å². The molecule has 2 fully saturated rings. The Bertz CT molecular complexity index is 798. The molecule has 1 saturated heterocycles. The van der Waals surface area contributed by atoms with Crippen molar-refractivity contribution in [1.82, 2.24) is 20.4 Å². The van der Waals surface area contributed by atoms with Gasteiger partial charge in [-0.25, -0.2) is 4.68 Å². The van der Waals surface area contributed by atoms with Gasteiger partial charge in [-0.2, -0.15) is 5.10 Å². The van der Waals surface area contributed by atoms with Gasteiger partial charge >= 0.3 is 0 Å². The summed E-state index contributed by atoms with van der Waals surface area (Å²) < 4.78 is 1.97. The van der Waals surface area contributed by atoms with E-state index in [1.165, 1.54) is 12.8 Å². The van der Waals surface area contributed by atoms with Crippen LogP contribution in [0.4, 0.5) is 0 Å². The Morgan fingerprint density at radius 1 is 1.31 bits per heavy atom. The van der Waals surface area contributed by atoms with Crippen molar-refractivity contribution in [2.24, 2.45) is 11.3 Å². The monoisotopic (exact) mass is 352 g/mol. The van der Waals surface area contributed by atoms with Gasteiger partial charge in [-0.05, 0) is 51.3 Å². The van der Waals surface area contributed by atoms with E-state index >= 15 is 0 Å². The Morgan fingerprint density at radius 2 is 2.12 bits per heavy atom. The van der Waals surface area contributed by atoms with E-state index in [4.69, 9.17) is 0 Å². The summed E-state index contributed by atoms with van der Waals surface area (Å²) >= 11 is 0. The maximum atomic E-state index is 13.1. The molecule has 1 aromatic heterocycles. The Labute approximate surface area is 155 Å². The van der Waals surface area contributed by atoms with E-state index in [0.717, 1.165) is 48.6 Å². The van der Waals surface area contributed by atoms with Gasteiger partial charge in [0, 0.05) is 24.3 Å². The van der Waals surface area contributed by atoms with Crippen LogP contribution in [-0.4, -0.2) is 28.8 Å². The predicted octanol–water partition coefficient (Wildman–Crippen LogP) is 2.89. The smallest absolute Gasteiger partial charge is 0.228 e. The molecule has 2 atom stereocenters. The van der Waals surface area contributed by atoms with Crippen molar-refractivity contribution in [2.75, 3.05) is 13.1 Å². The minimum absolute atomic E-state index is 0.199. The van der Waals surface area contributed by atoms with Crippen molar-refractivity contribution in [2.45, 2.75) is 46.1 Å². The number of rotatable bonds is 4. The summed E-state index contributed by atoms with van der Waals surface area (Å²) in [6, 6.07) is 10.1. The number of carbonyl (C=O) groups excluding carboxylic acids is 1. The summed E-state index contributed by atoms with van der Waals surface area (Å²) in [4.78, 5) is 13.1. The normalized spacial score (nSPS) is 25.1. The van der Waals surface area contributed by atoms with Crippen molar-refractivity contribution in [3.8, 4) is 5.69 Å². The first-order chi connectivity index (χ1) is 12.6. The highest BCUT2D eigenvalue weighted by Crippen LogP contribution is 2.43. The maximum absolute atomic E-state index is 13.1. The number of benzene rings is 1. The molecule has 0 radical (unpaired) electrons. The van der Waals surface area contributed by atoms with Crippen LogP contribution in [0.5, 0.6) is 0 Å². The Kier molecular flexibility index (Phi) is 4.57. The van der Waals surface area contributed by atoms with Crippen LogP contribution in [0.15, 0.2) is 30.3 Å². The van der Waals surface area contributed by atoms with E-state index in [2.05, 4.69) is 34.8 Å². The number of hydrogen-bond acceptors (Lipinski definition) is 3. The van der Waals surface area contributed by atoms with Gasteiger partial charge in [0.25, 0.3) is 0 Å². The highest BCUT2D eigenvalue weighted by molar-refractivity contribution is 5.84. The lowest BCUT2D eigenvalue weighted by molar-refractivity contribution is -0.134. The fraction of sp³-hybridized carbons (Fsp3) is 0.524. The standard InChI is InChI=1S/C21H28N4O/c1-15-19(16(2)25(24-15)18-9-4-3-5-10-18)13-23-20(26)21-11-7-6-8-17(21)12-22-14-21/h3-5,9-10,17,22H,6-8,11-14H2,1-2H3,(H,23,26)/t17-,21+/m0/s1. The van der Waals surface area contributed by atoms with E-state index in [9.17, 15) is 4.79 Å². The van der Waals surface area contributed by atoms with Gasteiger partial charge < -0.3 is 10.6 Å². The Hall–Kier alpha value is -2.14. The molecule has 1 aliphatic carbocycles. The summed E-state index contributed by atoms with van der Waals surface area (Å²) in [7, 11) is 0. The molecule has 26 heavy (non-hydrogen) atoms. The third-order valence-corrected chi connectivity index (χ3v) is 6.36. The molecule has 1 amide bonds. The second-order valence-corrected chi connectivity index (χ2v) is 7.81. The van der Waals surface area contributed by atoms with Crippen molar-refractivity contribution < 1.29 is 4.79 Å². The van der Waals surface area contributed by atoms with Crippen LogP contribution in [0.1, 0.15) is 42.6 Å². The van der Waals surface area contributed by atoms with E-state index in [-0.39, 0.29) is 11.3 Å². The third kappa shape index (κ3) is 2.84. The SMILES string of the molecule is Cc1nn(-c2ccccc2)c(C)c1CNC(=O)[C@@]12CCCC[C@H]1CNC2. The molecule has 1 saturated carbocycles. The van der Waals surface area contributed by atoms with Crippen LogP contribution in [0.3, 0.4) is 0 Å². The van der Waals surface area contributed by atoms with E-state index < -0.39 is 0 Å². The lowest BCUT2D eigenvalue weighted by Gasteiger charge is -2.37. The number of aryl methyl sites for hydroxylation is 1. The second-order valence-electron chi connectivity index (χ2n) is 7.81. The largest absolute Gasteiger partial charge is 0.351 e. The Balaban J connectivity index is 1.52. The van der Waals surface area contributed by atoms with Gasteiger partial charge in [-0.15, -0.1) is 0 Å². The maximum Gasteiger partial charge on any atom is 0.228 e. The van der Waals surface area contributed by atoms with Gasteiger partial charge in [0.1, 0.15) is 0 Å². The number of carbonyl (C=O) groups is 1. The number of nitrogens with one attached hydrogen (secondary N) is 2. The van der Waals surface area contributed by atoms with Gasteiger partial charge in [-0.1, -0.05) is 31.0 Å². The zero-order valence-corrected chi connectivity index (χ0v) is 15.7. The van der Waals surface area contributed by atoms with Crippen molar-refractivity contribution in [3.05, 3.63) is 47.3 Å². The number of fused-ring (bicyclic) bond motifs is 1. The van der Waals surface area contributed by atoms with E-state index in [1.807, 2.05) is 29.8 Å². The minimum Gasteiger partial charge on any atom is -0.351 e. The fourth-order valence-corrected chi connectivity index (χ4v) is 4.79. The average molecular weight is 352 g/mol. The van der Waals surface area contributed by atoms with E-state index in [1.54, 1.807) is 0 Å². The Morgan fingerprint density at radius 3 is 2.92 bits per heavy atom. The minimum atomic E-state index is -0.199. The van der Waals surface area contributed by atoms with Gasteiger partial charge in [0.05, 0.1) is 16.8 Å². The summed E-state index contributed by atoms with van der Waals surface area (Å²) in [6.45, 7) is 6.46. The van der Waals surface area contributed by atoms with Gasteiger partial charge in [0.15, 0.2) is 0 Å². The quantitative estimate of drug-likeness (QED) is 0.889. The molecule has 2 heterocycles. The second kappa shape index (κ2) is 6.88. The number of aromatic nitrogens is 2. The number of para-hydroxylation sites is 1. The van der Waals surface area contributed by atoms with Crippen LogP contribution in [0.2, 0.25) is 0 Å². The molecule has 2 aromatic rings. The summed E-state index contributed by atoms with van der Waals surface area (Å²) in [6.07, 6.45) is 4.60. The van der Waals surface area contributed by atoms with Crippen molar-refractivity contribution in [3.63, 3.8) is 0 Å². The lowest BCUT2D eigenvalue weighted by Crippen LogP contribution is -2.47. The first-order valence-corrected chi connectivity index (χ1v) is 9.71. The lowest BCUT2D eigenvalue weighted by atomic mass is 9.67. The van der Waals surface area contributed by atoms with Crippen LogP contribution in [0, 0.1) is 25.2 Å². The number of nitrogens with zero attached hydrogens (tertiary/aromatic N) is 2. The van der Waals surface area contributed by atoms with Crippen molar-refractivity contribution >= 4 is 5.91 Å². The molecule has 4 rings (SSSR count). The fourth-order valence-electron chi connectivity index (χ4n) is 4.79. The molecule has 0 bridgehead atoms. The van der Waals surface area contributed by atoms with E-state index in [0.29, 0.717) is 12.5 Å². The van der Waals surface area contributed by atoms with Crippen molar-refractivity contribution in [1.29, 1.82) is 0 Å². The molecule has 1 aromatic carbocycles. The third-order valence-electron chi connectivity index (χ3n) is 6.36. The predicted molar refractivity (Wildman–Crippen MR) is 102 cm³/mol. The van der Waals surface area contributed by atoms with Gasteiger partial charge in [0.2, 0.25) is 5.91 Å². The van der Waals surface area contributed by atoms with Crippen LogP contribution >= 0.6 is 0 Å². The first-order valence-electron chi connectivity index (χ1n) is 9.71. The van der Waals surface area contributed by atoms with Crippen LogP contribution in [0.25, 0.3) is 5.69 Å². The molecular weight excluding hydrogens is 324 g/mol. The molecular formula is C21H28N4O. The molecule has 138 valence electrons. The van der Waals surface area contributed by atoms with Crippen LogP contribution < -0.4 is 10.6 Å².